The number of ketones is 1. The van der Waals surface area contributed by atoms with E-state index in [-0.39, 0.29) is 17.9 Å². The van der Waals surface area contributed by atoms with Crippen LogP contribution >= 0.6 is 0 Å². The summed E-state index contributed by atoms with van der Waals surface area (Å²) in [5.41, 5.74) is 1.60. The van der Waals surface area contributed by atoms with E-state index in [0.29, 0.717) is 18.0 Å². The second kappa shape index (κ2) is 6.80. The van der Waals surface area contributed by atoms with Crippen LogP contribution in [0.2, 0.25) is 0 Å². The molecule has 1 aromatic carbocycles. The maximum atomic E-state index is 12.9. The van der Waals surface area contributed by atoms with Gasteiger partial charge in [-0.3, -0.25) is 9.59 Å². The second-order valence-electron chi connectivity index (χ2n) is 9.01. The number of rotatable bonds is 6. The van der Waals surface area contributed by atoms with Crippen molar-refractivity contribution >= 4 is 11.7 Å². The molecule has 0 aliphatic heterocycles. The third kappa shape index (κ3) is 3.32. The van der Waals surface area contributed by atoms with Crippen LogP contribution in [0, 0.1) is 23.2 Å². The molecule has 0 heterocycles. The molecular weight excluding hydrogens is 326 g/mol. The minimum absolute atomic E-state index is 0.00513. The zero-order valence-corrected chi connectivity index (χ0v) is 15.9. The molecule has 0 spiro atoms. The number of nitrogens with zero attached hydrogens (tertiary/aromatic N) is 1. The van der Waals surface area contributed by atoms with Crippen molar-refractivity contribution in [2.24, 2.45) is 23.2 Å². The molecule has 0 saturated heterocycles. The lowest BCUT2D eigenvalue weighted by molar-refractivity contribution is -0.149. The summed E-state index contributed by atoms with van der Waals surface area (Å²) in [6.07, 6.45) is 7.36. The lowest BCUT2D eigenvalue weighted by atomic mass is 9.48. The Hall–Kier alpha value is -1.68. The molecule has 4 bridgehead atoms. The predicted octanol–water partition coefficient (Wildman–Crippen LogP) is 3.69. The van der Waals surface area contributed by atoms with Crippen LogP contribution < -0.4 is 0 Å². The number of benzene rings is 1. The summed E-state index contributed by atoms with van der Waals surface area (Å²) < 4.78 is 5.77. The van der Waals surface area contributed by atoms with Gasteiger partial charge in [0.05, 0.1) is 6.61 Å². The summed E-state index contributed by atoms with van der Waals surface area (Å²) in [4.78, 5) is 26.4. The topological polar surface area (TPSA) is 46.6 Å². The van der Waals surface area contributed by atoms with Crippen molar-refractivity contribution in [2.75, 3.05) is 20.7 Å². The molecule has 1 aromatic rings. The highest BCUT2D eigenvalue weighted by Crippen LogP contribution is 2.60. The highest BCUT2D eigenvalue weighted by atomic mass is 16.5. The van der Waals surface area contributed by atoms with Gasteiger partial charge in [-0.1, -0.05) is 12.1 Å². The first-order valence-corrected chi connectivity index (χ1v) is 9.87. The van der Waals surface area contributed by atoms with Gasteiger partial charge in [0.1, 0.15) is 6.61 Å². The summed E-state index contributed by atoms with van der Waals surface area (Å²) in [6, 6.07) is 7.46. The van der Waals surface area contributed by atoms with Crippen molar-refractivity contribution < 1.29 is 14.3 Å². The lowest BCUT2D eigenvalue weighted by Gasteiger charge is -2.55. The molecular formula is C22H29NO3. The van der Waals surface area contributed by atoms with Crippen LogP contribution in [0.5, 0.6) is 0 Å². The van der Waals surface area contributed by atoms with Crippen molar-refractivity contribution in [3.8, 4) is 0 Å². The largest absolute Gasteiger partial charge is 0.369 e. The van der Waals surface area contributed by atoms with Gasteiger partial charge in [0.2, 0.25) is 0 Å². The number of carbonyl (C=O) groups is 2. The third-order valence-electron chi connectivity index (χ3n) is 6.74. The Kier molecular flexibility index (Phi) is 4.64. The van der Waals surface area contributed by atoms with Crippen molar-refractivity contribution in [1.29, 1.82) is 0 Å². The molecule has 0 atom stereocenters. The highest BCUT2D eigenvalue weighted by Gasteiger charge is 2.54. The van der Waals surface area contributed by atoms with Gasteiger partial charge in [0.25, 0.3) is 5.91 Å². The highest BCUT2D eigenvalue weighted by molar-refractivity contribution is 5.93. The zero-order valence-electron chi connectivity index (χ0n) is 15.9. The first-order chi connectivity index (χ1) is 12.4. The van der Waals surface area contributed by atoms with Gasteiger partial charge in [-0.15, -0.1) is 0 Å². The molecule has 4 heteroatoms. The normalized spacial score (nSPS) is 31.8. The Morgan fingerprint density at radius 1 is 1.00 bits per heavy atom. The van der Waals surface area contributed by atoms with Gasteiger partial charge < -0.3 is 9.64 Å². The first kappa shape index (κ1) is 17.7. The minimum Gasteiger partial charge on any atom is -0.369 e. The summed E-state index contributed by atoms with van der Waals surface area (Å²) in [5, 5.41) is 0. The molecule has 0 unspecified atom stereocenters. The Bertz CT molecular complexity index is 657. The standard InChI is InChI=1S/C22H29NO3/c1-23(2)21(25)19-5-3-15(4-6-19)13-26-14-20(24)22-10-16-7-17(11-22)9-18(8-16)12-22/h3-6,16-18H,7-14H2,1-2H3. The van der Waals surface area contributed by atoms with E-state index in [4.69, 9.17) is 4.74 Å². The van der Waals surface area contributed by atoms with Crippen LogP contribution in [0.15, 0.2) is 24.3 Å². The van der Waals surface area contributed by atoms with Gasteiger partial charge in [-0.05, 0) is 74.0 Å². The fourth-order valence-corrected chi connectivity index (χ4v) is 5.87. The van der Waals surface area contributed by atoms with Crippen LogP contribution in [0.4, 0.5) is 0 Å². The first-order valence-electron chi connectivity index (χ1n) is 9.87. The summed E-state index contributed by atoms with van der Waals surface area (Å²) in [6.45, 7) is 0.652. The minimum atomic E-state index is -0.0727. The van der Waals surface area contributed by atoms with Crippen LogP contribution in [-0.2, 0) is 16.1 Å². The van der Waals surface area contributed by atoms with Gasteiger partial charge in [-0.25, -0.2) is 0 Å². The molecule has 4 nitrogen and oxygen atoms in total. The molecule has 4 aliphatic carbocycles. The average Bonchev–Trinajstić information content (AvgIpc) is 2.60. The Balaban J connectivity index is 1.31. The van der Waals surface area contributed by atoms with E-state index in [9.17, 15) is 9.59 Å². The van der Waals surface area contributed by atoms with Gasteiger partial charge in [0.15, 0.2) is 5.78 Å². The number of carbonyl (C=O) groups excluding carboxylic acids is 2. The maximum absolute atomic E-state index is 12.9. The van der Waals surface area contributed by atoms with Gasteiger partial charge in [-0.2, -0.15) is 0 Å². The summed E-state index contributed by atoms with van der Waals surface area (Å²) >= 11 is 0. The van der Waals surface area contributed by atoms with Crippen LogP contribution in [0.25, 0.3) is 0 Å². The second-order valence-corrected chi connectivity index (χ2v) is 9.01. The number of ether oxygens (including phenoxy) is 1. The van der Waals surface area contributed by atoms with Gasteiger partial charge in [0, 0.05) is 25.1 Å². The SMILES string of the molecule is CN(C)C(=O)c1ccc(COCC(=O)C23CC4CC(CC(C4)C2)C3)cc1. The van der Waals surface area contributed by atoms with E-state index >= 15 is 0 Å². The number of Topliss-reactive ketones (excluding diaryl/α,β-unsaturated/α-hetero) is 1. The molecule has 4 saturated carbocycles. The third-order valence-corrected chi connectivity index (χ3v) is 6.74. The Morgan fingerprint density at radius 3 is 2.04 bits per heavy atom. The van der Waals surface area contributed by atoms with Crippen LogP contribution in [0.3, 0.4) is 0 Å². The molecule has 0 radical (unpaired) electrons. The Morgan fingerprint density at radius 2 is 1.54 bits per heavy atom. The van der Waals surface area contributed by atoms with Crippen molar-refractivity contribution in [3.63, 3.8) is 0 Å². The van der Waals surface area contributed by atoms with E-state index in [1.165, 1.54) is 19.3 Å². The van der Waals surface area contributed by atoms with Gasteiger partial charge >= 0.3 is 0 Å². The molecule has 140 valence electrons. The van der Waals surface area contributed by atoms with Crippen molar-refractivity contribution in [3.05, 3.63) is 35.4 Å². The van der Waals surface area contributed by atoms with Crippen molar-refractivity contribution in [1.82, 2.24) is 4.90 Å². The number of amides is 1. The predicted molar refractivity (Wildman–Crippen MR) is 99.7 cm³/mol. The Labute approximate surface area is 155 Å². The van der Waals surface area contributed by atoms with E-state index in [2.05, 4.69) is 0 Å². The van der Waals surface area contributed by atoms with E-state index in [1.54, 1.807) is 19.0 Å². The van der Waals surface area contributed by atoms with E-state index in [1.807, 2.05) is 24.3 Å². The lowest BCUT2D eigenvalue weighted by Crippen LogP contribution is -2.51. The molecule has 1 amide bonds. The average molecular weight is 355 g/mol. The monoisotopic (exact) mass is 355 g/mol. The molecule has 26 heavy (non-hydrogen) atoms. The van der Waals surface area contributed by atoms with Crippen LogP contribution in [0.1, 0.15) is 54.4 Å². The zero-order chi connectivity index (χ0) is 18.3. The van der Waals surface area contributed by atoms with E-state index in [0.717, 1.165) is 42.6 Å². The van der Waals surface area contributed by atoms with E-state index < -0.39 is 0 Å². The fraction of sp³-hybridized carbons (Fsp3) is 0.636. The summed E-state index contributed by atoms with van der Waals surface area (Å²) in [5.74, 6) is 2.68. The molecule has 4 aliphatic rings. The van der Waals surface area contributed by atoms with Crippen molar-refractivity contribution in [2.45, 2.75) is 45.1 Å². The molecule has 4 fully saturated rings. The quantitative estimate of drug-likeness (QED) is 0.782. The molecule has 0 aromatic heterocycles. The molecule has 5 rings (SSSR count). The smallest absolute Gasteiger partial charge is 0.253 e. The maximum Gasteiger partial charge on any atom is 0.253 e. The number of hydrogen-bond acceptors (Lipinski definition) is 3. The molecule has 0 N–H and O–H groups in total. The number of hydrogen-bond donors (Lipinski definition) is 0. The van der Waals surface area contributed by atoms with Crippen LogP contribution in [-0.4, -0.2) is 37.3 Å². The summed E-state index contributed by atoms with van der Waals surface area (Å²) in [7, 11) is 3.49. The fourth-order valence-electron chi connectivity index (χ4n) is 5.87.